The second-order valence-electron chi connectivity index (χ2n) is 4.32. The third-order valence-corrected chi connectivity index (χ3v) is 3.06. The summed E-state index contributed by atoms with van der Waals surface area (Å²) < 4.78 is 4.88. The van der Waals surface area contributed by atoms with Gasteiger partial charge in [-0.1, -0.05) is 24.3 Å². The lowest BCUT2D eigenvalue weighted by Crippen LogP contribution is -2.19. The first-order valence-electron chi connectivity index (χ1n) is 6.29. The number of H-pyrrole nitrogens is 1. The van der Waals surface area contributed by atoms with Crippen molar-refractivity contribution in [1.82, 2.24) is 9.97 Å². The third kappa shape index (κ3) is 1.93. The normalized spacial score (nSPS) is 10.8. The Morgan fingerprint density at radius 3 is 2.85 bits per heavy atom. The van der Waals surface area contributed by atoms with E-state index in [0.29, 0.717) is 5.65 Å². The van der Waals surface area contributed by atoms with Crippen LogP contribution in [-0.4, -0.2) is 22.5 Å². The number of fused-ring (bicyclic) bond motifs is 3. The molecule has 0 aliphatic rings. The smallest absolute Gasteiger partial charge is 0.343 e. The number of hydrogen-bond donors (Lipinski definition) is 1. The lowest BCUT2D eigenvalue weighted by molar-refractivity contribution is 0.0524. The van der Waals surface area contributed by atoms with Gasteiger partial charge in [0.15, 0.2) is 0 Å². The summed E-state index contributed by atoms with van der Waals surface area (Å²) in [6.07, 6.45) is 0. The molecule has 0 saturated carbocycles. The molecule has 0 radical (unpaired) electrons. The average molecular weight is 268 g/mol. The predicted octanol–water partition coefficient (Wildman–Crippen LogP) is 2.25. The highest BCUT2D eigenvalue weighted by Crippen LogP contribution is 2.22. The van der Waals surface area contributed by atoms with E-state index in [0.717, 1.165) is 16.3 Å². The molecule has 0 spiro atoms. The van der Waals surface area contributed by atoms with E-state index in [-0.39, 0.29) is 12.2 Å². The molecule has 2 heterocycles. The molecule has 2 aromatic heterocycles. The lowest BCUT2D eigenvalue weighted by atomic mass is 10.2. The average Bonchev–Trinajstić information content (AvgIpc) is 2.59. The number of aromatic nitrogens is 2. The molecule has 0 saturated heterocycles. The summed E-state index contributed by atoms with van der Waals surface area (Å²) in [5, 5.41) is 1.64. The third-order valence-electron chi connectivity index (χ3n) is 3.06. The Labute approximate surface area is 114 Å². The van der Waals surface area contributed by atoms with Crippen LogP contribution in [0.2, 0.25) is 0 Å². The van der Waals surface area contributed by atoms with Crippen molar-refractivity contribution in [3.8, 4) is 0 Å². The van der Waals surface area contributed by atoms with E-state index in [4.69, 9.17) is 4.74 Å². The van der Waals surface area contributed by atoms with E-state index in [1.807, 2.05) is 30.3 Å². The van der Waals surface area contributed by atoms with Crippen LogP contribution in [0.15, 0.2) is 41.2 Å². The van der Waals surface area contributed by atoms with Gasteiger partial charge >= 0.3 is 5.97 Å². The molecule has 0 amide bonds. The van der Waals surface area contributed by atoms with Crippen molar-refractivity contribution in [2.45, 2.75) is 6.92 Å². The number of nitrogens with zero attached hydrogens (tertiary/aromatic N) is 1. The van der Waals surface area contributed by atoms with E-state index < -0.39 is 11.5 Å². The Kier molecular flexibility index (Phi) is 2.95. The Morgan fingerprint density at radius 1 is 1.25 bits per heavy atom. The Balaban J connectivity index is 2.33. The fourth-order valence-electron chi connectivity index (χ4n) is 2.17. The largest absolute Gasteiger partial charge is 0.462 e. The Hall–Kier alpha value is -2.69. The maximum atomic E-state index is 11.9. The molecule has 0 fully saturated rings. The number of rotatable bonds is 2. The van der Waals surface area contributed by atoms with Gasteiger partial charge in [0.05, 0.1) is 6.61 Å². The summed E-state index contributed by atoms with van der Waals surface area (Å²) in [5.41, 5.74) is 0.723. The highest BCUT2D eigenvalue weighted by molar-refractivity contribution is 6.07. The lowest BCUT2D eigenvalue weighted by Gasteiger charge is -1.99. The van der Waals surface area contributed by atoms with Gasteiger partial charge in [0, 0.05) is 16.3 Å². The van der Waals surface area contributed by atoms with E-state index in [1.54, 1.807) is 13.0 Å². The zero-order valence-corrected chi connectivity index (χ0v) is 10.8. The first kappa shape index (κ1) is 12.3. The van der Waals surface area contributed by atoms with Crippen LogP contribution >= 0.6 is 0 Å². The molecule has 3 rings (SSSR count). The van der Waals surface area contributed by atoms with Gasteiger partial charge in [-0.25, -0.2) is 4.79 Å². The minimum atomic E-state index is -0.637. The van der Waals surface area contributed by atoms with Crippen LogP contribution in [0.1, 0.15) is 17.3 Å². The summed E-state index contributed by atoms with van der Waals surface area (Å²) in [6, 6.07) is 11.0. The van der Waals surface area contributed by atoms with Gasteiger partial charge in [-0.3, -0.25) is 4.79 Å². The second kappa shape index (κ2) is 4.77. The molecular formula is C15H12N2O3. The molecule has 0 aliphatic carbocycles. The number of nitrogens with one attached hydrogen (secondary N) is 1. The van der Waals surface area contributed by atoms with Crippen molar-refractivity contribution in [3.63, 3.8) is 0 Å². The number of hydrogen-bond acceptors (Lipinski definition) is 4. The molecule has 3 aromatic rings. The van der Waals surface area contributed by atoms with Crippen LogP contribution < -0.4 is 5.56 Å². The van der Waals surface area contributed by atoms with Crippen LogP contribution in [0.4, 0.5) is 0 Å². The Morgan fingerprint density at radius 2 is 2.05 bits per heavy atom. The standard InChI is InChI=1S/C15H12N2O3/c1-2-20-15(19)11-8-10-9-6-4-3-5-7-12(9)16-13(10)17-14(11)18/h3-8H,2H2,1H3,(H,16,17,18). The van der Waals surface area contributed by atoms with E-state index in [1.165, 1.54) is 0 Å². The fourth-order valence-corrected chi connectivity index (χ4v) is 2.17. The number of pyridine rings is 1. The van der Waals surface area contributed by atoms with Gasteiger partial charge in [-0.05, 0) is 19.1 Å². The summed E-state index contributed by atoms with van der Waals surface area (Å²) in [7, 11) is 0. The minimum Gasteiger partial charge on any atom is -0.462 e. The summed E-state index contributed by atoms with van der Waals surface area (Å²) in [4.78, 5) is 30.6. The molecule has 5 nitrogen and oxygen atoms in total. The second-order valence-corrected chi connectivity index (χ2v) is 4.32. The SMILES string of the molecule is CCOC(=O)c1cc2c(nc1=O)[nH]c1cccccc12. The molecule has 0 aliphatic heterocycles. The van der Waals surface area contributed by atoms with Crippen LogP contribution in [0.25, 0.3) is 21.9 Å². The van der Waals surface area contributed by atoms with Crippen molar-refractivity contribution in [2.75, 3.05) is 6.61 Å². The molecule has 100 valence electrons. The van der Waals surface area contributed by atoms with Gasteiger partial charge in [-0.2, -0.15) is 4.98 Å². The first-order chi connectivity index (χ1) is 9.70. The number of esters is 1. The summed E-state index contributed by atoms with van der Waals surface area (Å²) >= 11 is 0. The van der Waals surface area contributed by atoms with Gasteiger partial charge in [0.1, 0.15) is 11.2 Å². The molecule has 1 N–H and O–H groups in total. The maximum absolute atomic E-state index is 11.9. The summed E-state index contributed by atoms with van der Waals surface area (Å²) in [5.74, 6) is -0.637. The molecule has 0 atom stereocenters. The molecule has 20 heavy (non-hydrogen) atoms. The zero-order valence-electron chi connectivity index (χ0n) is 10.8. The number of carbonyl (C=O) groups excluding carboxylic acids is 1. The van der Waals surface area contributed by atoms with E-state index in [2.05, 4.69) is 9.97 Å². The Bertz CT molecular complexity index is 868. The highest BCUT2D eigenvalue weighted by Gasteiger charge is 2.15. The quantitative estimate of drug-likeness (QED) is 0.723. The highest BCUT2D eigenvalue weighted by atomic mass is 16.5. The molecular weight excluding hydrogens is 256 g/mol. The van der Waals surface area contributed by atoms with Crippen molar-refractivity contribution in [1.29, 1.82) is 0 Å². The number of aromatic amines is 1. The topological polar surface area (TPSA) is 72.0 Å². The van der Waals surface area contributed by atoms with Crippen LogP contribution in [0.5, 0.6) is 0 Å². The maximum Gasteiger partial charge on any atom is 0.343 e. The van der Waals surface area contributed by atoms with Crippen LogP contribution in [0.3, 0.4) is 0 Å². The fraction of sp³-hybridized carbons (Fsp3) is 0.133. The van der Waals surface area contributed by atoms with Gasteiger partial charge in [0.25, 0.3) is 5.56 Å². The van der Waals surface area contributed by atoms with Crippen molar-refractivity contribution in [3.05, 3.63) is 52.3 Å². The van der Waals surface area contributed by atoms with E-state index >= 15 is 0 Å². The zero-order chi connectivity index (χ0) is 14.1. The van der Waals surface area contributed by atoms with Crippen molar-refractivity contribution in [2.24, 2.45) is 0 Å². The minimum absolute atomic E-state index is 0.0354. The monoisotopic (exact) mass is 268 g/mol. The molecule has 1 aromatic carbocycles. The van der Waals surface area contributed by atoms with Crippen molar-refractivity contribution >= 4 is 27.9 Å². The summed E-state index contributed by atoms with van der Waals surface area (Å²) in [6.45, 7) is 1.92. The van der Waals surface area contributed by atoms with Crippen LogP contribution in [-0.2, 0) is 4.74 Å². The van der Waals surface area contributed by atoms with Crippen LogP contribution in [0, 0.1) is 0 Å². The first-order valence-corrected chi connectivity index (χ1v) is 6.29. The van der Waals surface area contributed by atoms with Gasteiger partial charge < -0.3 is 9.72 Å². The molecule has 0 unspecified atom stereocenters. The molecule has 5 heteroatoms. The predicted molar refractivity (Wildman–Crippen MR) is 75.8 cm³/mol. The number of carbonyl (C=O) groups is 1. The van der Waals surface area contributed by atoms with Gasteiger partial charge in [0.2, 0.25) is 0 Å². The van der Waals surface area contributed by atoms with Gasteiger partial charge in [-0.15, -0.1) is 0 Å². The van der Waals surface area contributed by atoms with E-state index in [9.17, 15) is 9.59 Å². The number of ether oxygens (including phenoxy) is 1. The molecule has 0 bridgehead atoms. The van der Waals surface area contributed by atoms with Crippen molar-refractivity contribution < 1.29 is 9.53 Å².